The smallest absolute Gasteiger partial charge is 0.226 e. The summed E-state index contributed by atoms with van der Waals surface area (Å²) in [6.07, 6.45) is 3.34. The number of ether oxygens (including phenoxy) is 1. The normalized spacial score (nSPS) is 13.3. The van der Waals surface area contributed by atoms with E-state index in [2.05, 4.69) is 37.3 Å². The SMILES string of the molecule is C=N/C(CNC(C)COc1cccnc1)=N\C(=NC)NC(C)=O. The third kappa shape index (κ3) is 7.82. The van der Waals surface area contributed by atoms with Gasteiger partial charge in [-0.2, -0.15) is 4.99 Å². The lowest BCUT2D eigenvalue weighted by Gasteiger charge is -2.14. The standard InChI is InChI=1S/C15H22N6O2/c1-11(10-23-13-6-5-7-18-8-13)19-9-14(16-3)21-15(17-4)20-12(2)22/h5-8,11,19H,3,9-10H2,1-2,4H3,(H,17,20,22)/b21-14-. The summed E-state index contributed by atoms with van der Waals surface area (Å²) in [5, 5.41) is 5.71. The molecule has 1 aromatic rings. The molecule has 0 aromatic carbocycles. The summed E-state index contributed by atoms with van der Waals surface area (Å²) in [4.78, 5) is 26.8. The number of hydrogen-bond acceptors (Lipinski definition) is 5. The van der Waals surface area contributed by atoms with Gasteiger partial charge >= 0.3 is 0 Å². The summed E-state index contributed by atoms with van der Waals surface area (Å²) in [6.45, 7) is 7.67. The molecule has 0 aliphatic rings. The van der Waals surface area contributed by atoms with Gasteiger partial charge in [0.25, 0.3) is 0 Å². The van der Waals surface area contributed by atoms with Crippen LogP contribution >= 0.6 is 0 Å². The fourth-order valence-electron chi connectivity index (χ4n) is 1.52. The van der Waals surface area contributed by atoms with Crippen LogP contribution in [-0.2, 0) is 4.79 Å². The molecule has 0 aliphatic heterocycles. The number of nitrogens with one attached hydrogen (secondary N) is 2. The molecule has 8 heteroatoms. The third-order valence-corrected chi connectivity index (χ3v) is 2.66. The molecule has 1 aromatic heterocycles. The van der Waals surface area contributed by atoms with Crippen molar-refractivity contribution in [3.05, 3.63) is 24.5 Å². The minimum Gasteiger partial charge on any atom is -0.490 e. The first-order valence-corrected chi connectivity index (χ1v) is 7.10. The average Bonchev–Trinajstić information content (AvgIpc) is 2.56. The molecule has 0 saturated carbocycles. The van der Waals surface area contributed by atoms with Crippen molar-refractivity contribution in [2.75, 3.05) is 20.2 Å². The van der Waals surface area contributed by atoms with Crippen molar-refractivity contribution in [1.82, 2.24) is 15.6 Å². The van der Waals surface area contributed by atoms with Gasteiger partial charge < -0.3 is 10.1 Å². The molecule has 0 spiro atoms. The predicted molar refractivity (Wildman–Crippen MR) is 91.4 cm³/mol. The Hall–Kier alpha value is -2.61. The third-order valence-electron chi connectivity index (χ3n) is 2.66. The van der Waals surface area contributed by atoms with E-state index in [0.717, 1.165) is 0 Å². The monoisotopic (exact) mass is 318 g/mol. The van der Waals surface area contributed by atoms with Crippen molar-refractivity contribution in [3.63, 3.8) is 0 Å². The summed E-state index contributed by atoms with van der Waals surface area (Å²) in [6, 6.07) is 3.72. The maximum atomic E-state index is 11.0. The minimum absolute atomic E-state index is 0.0601. The fraction of sp³-hybridized carbons (Fsp3) is 0.400. The lowest BCUT2D eigenvalue weighted by molar-refractivity contribution is -0.117. The van der Waals surface area contributed by atoms with Crippen LogP contribution in [0, 0.1) is 0 Å². The van der Waals surface area contributed by atoms with Gasteiger partial charge in [-0.1, -0.05) is 0 Å². The topological polar surface area (TPSA) is 100 Å². The number of aliphatic imine (C=N–C) groups is 3. The van der Waals surface area contributed by atoms with Crippen LogP contribution in [0.3, 0.4) is 0 Å². The molecule has 0 saturated heterocycles. The molecule has 1 rings (SSSR count). The van der Waals surface area contributed by atoms with Gasteiger partial charge in [-0.25, -0.2) is 4.99 Å². The first-order chi connectivity index (χ1) is 11.0. The van der Waals surface area contributed by atoms with Crippen LogP contribution in [0.4, 0.5) is 0 Å². The molecule has 1 atom stereocenters. The second-order valence-corrected chi connectivity index (χ2v) is 4.70. The Morgan fingerprint density at radius 3 is 2.87 bits per heavy atom. The summed E-state index contributed by atoms with van der Waals surface area (Å²) in [5.41, 5.74) is 0. The minimum atomic E-state index is -0.246. The van der Waals surface area contributed by atoms with E-state index in [-0.39, 0.29) is 17.9 Å². The Bertz CT molecular complexity index is 571. The summed E-state index contributed by atoms with van der Waals surface area (Å²) in [5.74, 6) is 1.08. The quantitative estimate of drug-likeness (QED) is 0.594. The molecule has 0 fully saturated rings. The van der Waals surface area contributed by atoms with Gasteiger partial charge in [0.1, 0.15) is 18.2 Å². The molecule has 124 valence electrons. The number of carbonyl (C=O) groups is 1. The highest BCUT2D eigenvalue weighted by Gasteiger charge is 2.06. The Morgan fingerprint density at radius 1 is 1.52 bits per heavy atom. The van der Waals surface area contributed by atoms with E-state index >= 15 is 0 Å². The van der Waals surface area contributed by atoms with Gasteiger partial charge in [-0.15, -0.1) is 0 Å². The summed E-state index contributed by atoms with van der Waals surface area (Å²) >= 11 is 0. The number of amides is 1. The Balaban J connectivity index is 2.46. The van der Waals surface area contributed by atoms with Crippen molar-refractivity contribution < 1.29 is 9.53 Å². The van der Waals surface area contributed by atoms with Crippen LogP contribution in [-0.4, -0.2) is 55.6 Å². The maximum Gasteiger partial charge on any atom is 0.226 e. The highest BCUT2D eigenvalue weighted by Crippen LogP contribution is 2.06. The van der Waals surface area contributed by atoms with Gasteiger partial charge in [0.05, 0.1) is 12.7 Å². The number of guanidine groups is 1. The zero-order chi connectivity index (χ0) is 17.1. The highest BCUT2D eigenvalue weighted by atomic mass is 16.5. The van der Waals surface area contributed by atoms with E-state index in [4.69, 9.17) is 4.74 Å². The van der Waals surface area contributed by atoms with Crippen molar-refractivity contribution in [2.24, 2.45) is 15.0 Å². The molecule has 8 nitrogen and oxygen atoms in total. The number of nitrogens with zero attached hydrogens (tertiary/aromatic N) is 4. The maximum absolute atomic E-state index is 11.0. The molecule has 23 heavy (non-hydrogen) atoms. The summed E-state index contributed by atoms with van der Waals surface area (Å²) in [7, 11) is 1.53. The first kappa shape index (κ1) is 18.4. The molecule has 1 unspecified atom stereocenters. The Morgan fingerprint density at radius 2 is 2.30 bits per heavy atom. The van der Waals surface area contributed by atoms with Crippen molar-refractivity contribution in [3.8, 4) is 5.75 Å². The number of hydrogen-bond donors (Lipinski definition) is 2. The van der Waals surface area contributed by atoms with Crippen LogP contribution in [0.1, 0.15) is 13.8 Å². The van der Waals surface area contributed by atoms with Gasteiger partial charge in [0.15, 0.2) is 0 Å². The molecule has 0 radical (unpaired) electrons. The van der Waals surface area contributed by atoms with E-state index in [0.29, 0.717) is 24.7 Å². The van der Waals surface area contributed by atoms with E-state index in [1.807, 2.05) is 19.1 Å². The second-order valence-electron chi connectivity index (χ2n) is 4.70. The Labute approximate surface area is 135 Å². The first-order valence-electron chi connectivity index (χ1n) is 7.10. The number of aromatic nitrogens is 1. The lowest BCUT2D eigenvalue weighted by Crippen LogP contribution is -2.36. The van der Waals surface area contributed by atoms with Crippen molar-refractivity contribution in [2.45, 2.75) is 19.9 Å². The molecule has 0 aliphatic carbocycles. The van der Waals surface area contributed by atoms with E-state index < -0.39 is 0 Å². The van der Waals surface area contributed by atoms with Gasteiger partial charge in [0, 0.05) is 26.2 Å². The second kappa shape index (κ2) is 10.2. The molecular weight excluding hydrogens is 296 g/mol. The number of carbonyl (C=O) groups excluding carboxylic acids is 1. The summed E-state index contributed by atoms with van der Waals surface area (Å²) < 4.78 is 5.60. The number of rotatable bonds is 6. The van der Waals surface area contributed by atoms with Crippen molar-refractivity contribution in [1.29, 1.82) is 0 Å². The molecular formula is C15H22N6O2. The average molecular weight is 318 g/mol. The molecule has 1 amide bonds. The van der Waals surface area contributed by atoms with Crippen LogP contribution in [0.2, 0.25) is 0 Å². The van der Waals surface area contributed by atoms with E-state index in [1.54, 1.807) is 12.4 Å². The molecule has 1 heterocycles. The van der Waals surface area contributed by atoms with Crippen molar-refractivity contribution >= 4 is 24.4 Å². The predicted octanol–water partition coefficient (Wildman–Crippen LogP) is 0.659. The zero-order valence-corrected chi connectivity index (χ0v) is 13.6. The zero-order valence-electron chi connectivity index (χ0n) is 13.6. The molecule has 0 bridgehead atoms. The van der Waals surface area contributed by atoms with Gasteiger partial charge in [-0.05, 0) is 25.8 Å². The van der Waals surface area contributed by atoms with Gasteiger partial charge in [-0.3, -0.25) is 20.1 Å². The number of amidine groups is 1. The lowest BCUT2D eigenvalue weighted by atomic mass is 10.3. The van der Waals surface area contributed by atoms with Crippen LogP contribution in [0.25, 0.3) is 0 Å². The number of pyridine rings is 1. The highest BCUT2D eigenvalue weighted by molar-refractivity contribution is 6.04. The fourth-order valence-corrected chi connectivity index (χ4v) is 1.52. The van der Waals surface area contributed by atoms with Crippen LogP contribution in [0.15, 0.2) is 39.5 Å². The van der Waals surface area contributed by atoms with Crippen LogP contribution in [0.5, 0.6) is 5.75 Å². The Kier molecular flexibility index (Phi) is 8.16. The van der Waals surface area contributed by atoms with Crippen LogP contribution < -0.4 is 15.4 Å². The van der Waals surface area contributed by atoms with E-state index in [9.17, 15) is 4.79 Å². The van der Waals surface area contributed by atoms with E-state index in [1.165, 1.54) is 14.0 Å². The molecule has 2 N–H and O–H groups in total. The largest absolute Gasteiger partial charge is 0.490 e. The van der Waals surface area contributed by atoms with Gasteiger partial charge in [0.2, 0.25) is 11.9 Å².